The van der Waals surface area contributed by atoms with Crippen LogP contribution in [0.5, 0.6) is 0 Å². The van der Waals surface area contributed by atoms with Crippen LogP contribution in [0.3, 0.4) is 0 Å². The molecule has 4 rings (SSSR count). The SMILES string of the molecule is [2H]C1([2H])C([2H])([2H])C([2H])([2H])C([2H])(C(C[N+]#[C-])n2cc(-c3ncnc4c3ccn4COC(=O)C(C)(C)C)cn2)C1([2H])[2H]. The second-order valence-corrected chi connectivity index (χ2v) is 8.04. The fourth-order valence-electron chi connectivity index (χ4n) is 3.10. The number of hydrogen-bond acceptors (Lipinski definition) is 5. The molecule has 0 N–H and O–H groups in total. The maximum absolute atomic E-state index is 12.2. The lowest BCUT2D eigenvalue weighted by atomic mass is 9.98. The molecule has 1 aliphatic carbocycles. The van der Waals surface area contributed by atoms with E-state index in [-0.39, 0.29) is 6.73 Å². The van der Waals surface area contributed by atoms with Gasteiger partial charge >= 0.3 is 5.97 Å². The Morgan fingerprint density at radius 2 is 2.19 bits per heavy atom. The Bertz CT molecular complexity index is 1480. The van der Waals surface area contributed by atoms with Gasteiger partial charge in [-0.05, 0) is 45.5 Å². The van der Waals surface area contributed by atoms with Gasteiger partial charge in [0.15, 0.2) is 6.73 Å². The van der Waals surface area contributed by atoms with Gasteiger partial charge in [-0.2, -0.15) is 5.10 Å². The molecule has 8 nitrogen and oxygen atoms in total. The second-order valence-electron chi connectivity index (χ2n) is 8.04. The molecule has 31 heavy (non-hydrogen) atoms. The molecule has 8 heteroatoms. The Labute approximate surface area is 194 Å². The monoisotopic (exact) mass is 429 g/mol. The lowest BCUT2D eigenvalue weighted by Crippen LogP contribution is -2.23. The third-order valence-electron chi connectivity index (χ3n) is 4.75. The van der Waals surface area contributed by atoms with Crippen LogP contribution in [0.2, 0.25) is 0 Å². The average molecular weight is 430 g/mol. The van der Waals surface area contributed by atoms with E-state index in [1.807, 2.05) is 0 Å². The van der Waals surface area contributed by atoms with Gasteiger partial charge in [-0.15, -0.1) is 0 Å². The molecule has 3 aromatic heterocycles. The fourth-order valence-corrected chi connectivity index (χ4v) is 3.10. The molecule has 0 spiro atoms. The summed E-state index contributed by atoms with van der Waals surface area (Å²) in [5, 5.41) is 4.70. The normalized spacial score (nSPS) is 27.6. The molecule has 1 aliphatic rings. The maximum atomic E-state index is 12.2. The summed E-state index contributed by atoms with van der Waals surface area (Å²) in [6, 6.07) is -0.0116. The van der Waals surface area contributed by atoms with Crippen LogP contribution < -0.4 is 0 Å². The van der Waals surface area contributed by atoms with Crippen LogP contribution in [0.1, 0.15) is 64.6 Å². The van der Waals surface area contributed by atoms with E-state index < -0.39 is 55.4 Å². The Balaban J connectivity index is 1.76. The zero-order valence-electron chi connectivity index (χ0n) is 26.4. The maximum Gasteiger partial charge on any atom is 0.312 e. The highest BCUT2D eigenvalue weighted by Crippen LogP contribution is 2.35. The van der Waals surface area contributed by atoms with E-state index in [0.29, 0.717) is 22.3 Å². The molecule has 0 bridgehead atoms. The molecule has 1 saturated carbocycles. The summed E-state index contributed by atoms with van der Waals surface area (Å²) in [7, 11) is 0. The number of esters is 1. The Morgan fingerprint density at radius 3 is 2.90 bits per heavy atom. The first-order valence-electron chi connectivity index (χ1n) is 14.1. The van der Waals surface area contributed by atoms with E-state index >= 15 is 0 Å². The molecule has 0 aliphatic heterocycles. The zero-order chi connectivity index (χ0) is 30.1. The molecule has 3 aromatic rings. The molecule has 1 unspecified atom stereocenters. The highest BCUT2D eigenvalue weighted by atomic mass is 16.5. The smallest absolute Gasteiger partial charge is 0.312 e. The van der Waals surface area contributed by atoms with Crippen molar-refractivity contribution in [2.75, 3.05) is 6.54 Å². The first kappa shape index (κ1) is 12.6. The van der Waals surface area contributed by atoms with Crippen LogP contribution in [0, 0.1) is 17.9 Å². The Morgan fingerprint density at radius 1 is 1.42 bits per heavy atom. The van der Waals surface area contributed by atoms with Crippen molar-refractivity contribution in [2.45, 2.75) is 59.0 Å². The van der Waals surface area contributed by atoms with Crippen molar-refractivity contribution in [1.82, 2.24) is 24.3 Å². The van der Waals surface area contributed by atoms with Gasteiger partial charge in [-0.1, -0.05) is 12.7 Å². The number of ether oxygens (including phenoxy) is 1. The molecule has 0 radical (unpaired) electrons. The van der Waals surface area contributed by atoms with Crippen LogP contribution in [-0.2, 0) is 16.3 Å². The molecule has 1 fully saturated rings. The Kier molecular flexibility index (Phi) is 3.45. The van der Waals surface area contributed by atoms with Crippen LogP contribution in [0.25, 0.3) is 27.1 Å². The summed E-state index contributed by atoms with van der Waals surface area (Å²) >= 11 is 0. The predicted octanol–water partition coefficient (Wildman–Crippen LogP) is 4.49. The van der Waals surface area contributed by atoms with E-state index in [0.717, 1.165) is 4.68 Å². The van der Waals surface area contributed by atoms with E-state index in [1.165, 1.54) is 18.7 Å². The molecule has 3 heterocycles. The van der Waals surface area contributed by atoms with Crippen LogP contribution in [0.15, 0.2) is 31.0 Å². The number of aromatic nitrogens is 5. The van der Waals surface area contributed by atoms with Crippen molar-refractivity contribution < 1.29 is 21.9 Å². The predicted molar refractivity (Wildman–Crippen MR) is 117 cm³/mol. The lowest BCUT2D eigenvalue weighted by Gasteiger charge is -2.18. The van der Waals surface area contributed by atoms with E-state index in [9.17, 15) is 4.79 Å². The van der Waals surface area contributed by atoms with Crippen LogP contribution in [0.4, 0.5) is 0 Å². The largest absolute Gasteiger partial charge is 0.443 e. The molecule has 0 amide bonds. The van der Waals surface area contributed by atoms with Crippen molar-refractivity contribution in [3.8, 4) is 11.3 Å². The van der Waals surface area contributed by atoms with Crippen LogP contribution in [-0.4, -0.2) is 36.8 Å². The number of hydrogen-bond donors (Lipinski definition) is 0. The van der Waals surface area contributed by atoms with Gasteiger partial charge in [0, 0.05) is 35.7 Å². The van der Waals surface area contributed by atoms with E-state index in [4.69, 9.17) is 23.6 Å². The second kappa shape index (κ2) is 8.50. The average Bonchev–Trinajstić information content (AvgIpc) is 3.52. The standard InChI is InChI=1S/C23H28N6O2/c1-23(2,3)22(30)31-15-28-10-9-18-20(25-14-26-21(18)28)17-11-27-29(13-17)19(12-24-4)16-7-5-6-8-16/h9-11,13-14,16,19H,5-8,12,15H2,1-3H3/i5D2,6D2,7D2,8D2,16D. The van der Waals surface area contributed by atoms with Gasteiger partial charge in [0.25, 0.3) is 0 Å². The molecule has 0 aromatic carbocycles. The third-order valence-corrected chi connectivity index (χ3v) is 4.75. The fraction of sp³-hybridized carbons (Fsp3) is 0.522. The number of carbonyl (C=O) groups is 1. The first-order valence-corrected chi connectivity index (χ1v) is 9.62. The highest BCUT2D eigenvalue weighted by Gasteiger charge is 2.29. The minimum atomic E-state index is -3.39. The molecule has 1 atom stereocenters. The minimum Gasteiger partial charge on any atom is -0.443 e. The number of nitrogens with zero attached hydrogens (tertiary/aromatic N) is 6. The minimum absolute atomic E-state index is 0.0993. The summed E-state index contributed by atoms with van der Waals surface area (Å²) in [4.78, 5) is 24.0. The number of rotatable bonds is 6. The number of fused-ring (bicyclic) bond motifs is 1. The zero-order valence-corrected chi connectivity index (χ0v) is 17.4. The summed E-state index contributed by atoms with van der Waals surface area (Å²) in [5.74, 6) is -3.48. The molecule has 162 valence electrons. The Hall–Kier alpha value is -3.21. The van der Waals surface area contributed by atoms with Crippen molar-refractivity contribution in [3.63, 3.8) is 0 Å². The summed E-state index contributed by atoms with van der Waals surface area (Å²) in [5.41, 5.74) is 0.443. The van der Waals surface area contributed by atoms with Gasteiger partial charge < -0.3 is 9.58 Å². The highest BCUT2D eigenvalue weighted by molar-refractivity contribution is 5.90. The number of carbonyl (C=O) groups excluding carboxylic acids is 1. The summed E-state index contributed by atoms with van der Waals surface area (Å²) < 4.78 is 83.1. The summed E-state index contributed by atoms with van der Waals surface area (Å²) in [6.07, 6.45) is -7.90. The molecular weight excluding hydrogens is 392 g/mol. The topological polar surface area (TPSA) is 79.2 Å². The van der Waals surface area contributed by atoms with Gasteiger partial charge in [0.1, 0.15) is 18.0 Å². The quantitative estimate of drug-likeness (QED) is 0.426. The van der Waals surface area contributed by atoms with E-state index in [1.54, 1.807) is 37.6 Å². The van der Waals surface area contributed by atoms with Crippen molar-refractivity contribution in [3.05, 3.63) is 42.4 Å². The lowest BCUT2D eigenvalue weighted by molar-refractivity contribution is -0.156. The molecular formula is C23H28N6O2. The first-order chi connectivity index (χ1) is 18.3. The van der Waals surface area contributed by atoms with Gasteiger partial charge in [0.2, 0.25) is 6.54 Å². The van der Waals surface area contributed by atoms with Gasteiger partial charge in [-0.25, -0.2) is 16.5 Å². The van der Waals surface area contributed by atoms with Gasteiger partial charge in [-0.3, -0.25) is 14.0 Å². The van der Waals surface area contributed by atoms with Crippen molar-refractivity contribution in [1.29, 1.82) is 0 Å². The van der Waals surface area contributed by atoms with E-state index in [2.05, 4.69) is 19.9 Å². The molecule has 0 saturated heterocycles. The van der Waals surface area contributed by atoms with Crippen LogP contribution >= 0.6 is 0 Å². The van der Waals surface area contributed by atoms with Crippen molar-refractivity contribution >= 4 is 17.0 Å². The summed E-state index contributed by atoms with van der Waals surface area (Å²) in [6.45, 7) is 11.8. The van der Waals surface area contributed by atoms with Crippen molar-refractivity contribution in [2.24, 2.45) is 11.3 Å². The third kappa shape index (κ3) is 4.31. The van der Waals surface area contributed by atoms with Gasteiger partial charge in [0.05, 0.1) is 17.3 Å².